The molecule has 5 nitrogen and oxygen atoms in total. The lowest BCUT2D eigenvalue weighted by molar-refractivity contribution is -0.142. The maximum atomic E-state index is 12.1. The first-order valence-electron chi connectivity index (χ1n) is 6.71. The number of carbonyl (C=O) groups is 3. The molecule has 1 fully saturated rings. The van der Waals surface area contributed by atoms with Crippen molar-refractivity contribution in [3.63, 3.8) is 0 Å². The van der Waals surface area contributed by atoms with E-state index in [9.17, 15) is 14.4 Å². The zero-order chi connectivity index (χ0) is 14.6. The third kappa shape index (κ3) is 4.65. The number of hydrogen-bond donors (Lipinski definition) is 1. The highest BCUT2D eigenvalue weighted by atomic mass is 16.5. The number of amides is 1. The van der Waals surface area contributed by atoms with Gasteiger partial charge in [0.1, 0.15) is 11.8 Å². The highest BCUT2D eigenvalue weighted by molar-refractivity contribution is 6.01. The largest absolute Gasteiger partial charge is 0.464 e. The van der Waals surface area contributed by atoms with Crippen LogP contribution in [0, 0.1) is 11.3 Å². The number of hydrogen-bond acceptors (Lipinski definition) is 4. The monoisotopic (exact) mass is 269 g/mol. The van der Waals surface area contributed by atoms with Crippen LogP contribution in [0.1, 0.15) is 47.0 Å². The molecular formula is C14H23NO4. The molecule has 0 radical (unpaired) electrons. The molecule has 5 heteroatoms. The third-order valence-corrected chi connectivity index (χ3v) is 3.27. The van der Waals surface area contributed by atoms with E-state index >= 15 is 0 Å². The highest BCUT2D eigenvalue weighted by Gasteiger charge is 2.32. The minimum atomic E-state index is -0.589. The van der Waals surface area contributed by atoms with Crippen molar-refractivity contribution < 1.29 is 19.1 Å². The van der Waals surface area contributed by atoms with Gasteiger partial charge >= 0.3 is 5.97 Å². The van der Waals surface area contributed by atoms with E-state index in [1.807, 2.05) is 27.7 Å². The number of esters is 1. The molecule has 0 aromatic carbocycles. The van der Waals surface area contributed by atoms with Crippen LogP contribution in [-0.2, 0) is 19.1 Å². The van der Waals surface area contributed by atoms with Crippen LogP contribution in [0.4, 0.5) is 0 Å². The lowest BCUT2D eigenvalue weighted by atomic mass is 9.79. The van der Waals surface area contributed by atoms with Crippen LogP contribution in [0.2, 0.25) is 0 Å². The summed E-state index contributed by atoms with van der Waals surface area (Å²) in [7, 11) is 0. The molecule has 1 atom stereocenters. The Hall–Kier alpha value is -1.39. The van der Waals surface area contributed by atoms with Gasteiger partial charge in [-0.2, -0.15) is 0 Å². The van der Waals surface area contributed by atoms with Crippen LogP contribution in [-0.4, -0.2) is 30.3 Å². The average Bonchev–Trinajstić information content (AvgIpc) is 2.62. The molecule has 1 heterocycles. The zero-order valence-electron chi connectivity index (χ0n) is 12.1. The summed E-state index contributed by atoms with van der Waals surface area (Å²) in [6.45, 7) is 8.13. The van der Waals surface area contributed by atoms with Gasteiger partial charge in [-0.15, -0.1) is 0 Å². The topological polar surface area (TPSA) is 72.5 Å². The molecular weight excluding hydrogens is 246 g/mol. The van der Waals surface area contributed by atoms with Gasteiger partial charge in [0.15, 0.2) is 0 Å². The Kier molecular flexibility index (Phi) is 5.09. The quantitative estimate of drug-likeness (QED) is 0.585. The van der Waals surface area contributed by atoms with Crippen LogP contribution in [0.3, 0.4) is 0 Å². The van der Waals surface area contributed by atoms with E-state index in [2.05, 4.69) is 5.32 Å². The Balaban J connectivity index is 2.47. The summed E-state index contributed by atoms with van der Waals surface area (Å²) < 4.78 is 4.75. The van der Waals surface area contributed by atoms with Gasteiger partial charge in [-0.25, -0.2) is 4.79 Å². The standard InChI is InChI=1S/C14H23NO4/c1-9(2)8-14(3,4)11(16)7-12(17)15-10-5-6-19-13(10)18/h9-10H,5-8H2,1-4H3,(H,15,17). The predicted octanol–water partition coefficient (Wildman–Crippen LogP) is 1.45. The molecule has 1 aliphatic heterocycles. The number of rotatable bonds is 6. The second-order valence-electron chi connectivity index (χ2n) is 6.16. The summed E-state index contributed by atoms with van der Waals surface area (Å²) in [6.07, 6.45) is 1.04. The Morgan fingerprint density at radius 3 is 2.53 bits per heavy atom. The second-order valence-corrected chi connectivity index (χ2v) is 6.16. The fourth-order valence-corrected chi connectivity index (χ4v) is 2.39. The Morgan fingerprint density at radius 2 is 2.05 bits per heavy atom. The Bertz CT molecular complexity index is 374. The molecule has 1 rings (SSSR count). The molecule has 1 aliphatic rings. The number of ketones is 1. The molecule has 0 bridgehead atoms. The normalized spacial score (nSPS) is 19.4. The average molecular weight is 269 g/mol. The van der Waals surface area contributed by atoms with Gasteiger partial charge < -0.3 is 10.1 Å². The summed E-state index contributed by atoms with van der Waals surface area (Å²) >= 11 is 0. The van der Waals surface area contributed by atoms with Gasteiger partial charge in [0, 0.05) is 11.8 Å². The van der Waals surface area contributed by atoms with Gasteiger partial charge in [0.2, 0.25) is 5.91 Å². The summed E-state index contributed by atoms with van der Waals surface area (Å²) in [6, 6.07) is -0.589. The third-order valence-electron chi connectivity index (χ3n) is 3.27. The molecule has 108 valence electrons. The molecule has 1 unspecified atom stereocenters. The van der Waals surface area contributed by atoms with Gasteiger partial charge in [-0.3, -0.25) is 9.59 Å². The maximum absolute atomic E-state index is 12.1. The van der Waals surface area contributed by atoms with Crippen LogP contribution in [0.5, 0.6) is 0 Å². The fourth-order valence-electron chi connectivity index (χ4n) is 2.39. The summed E-state index contributed by atoms with van der Waals surface area (Å²) in [5.41, 5.74) is -0.512. The van der Waals surface area contributed by atoms with Gasteiger partial charge in [0.05, 0.1) is 13.0 Å². The van der Waals surface area contributed by atoms with Crippen molar-refractivity contribution in [2.45, 2.75) is 53.0 Å². The highest BCUT2D eigenvalue weighted by Crippen LogP contribution is 2.27. The molecule has 1 N–H and O–H groups in total. The molecule has 0 aromatic rings. The summed E-state index contributed by atoms with van der Waals surface area (Å²) in [5, 5.41) is 2.55. The second kappa shape index (κ2) is 6.17. The first kappa shape index (κ1) is 15.7. The van der Waals surface area contributed by atoms with Crippen molar-refractivity contribution in [1.29, 1.82) is 0 Å². The van der Waals surface area contributed by atoms with E-state index in [0.717, 1.165) is 6.42 Å². The zero-order valence-corrected chi connectivity index (χ0v) is 12.1. The molecule has 1 saturated heterocycles. The van der Waals surface area contributed by atoms with E-state index in [1.54, 1.807) is 0 Å². The van der Waals surface area contributed by atoms with Crippen molar-refractivity contribution >= 4 is 17.7 Å². The molecule has 19 heavy (non-hydrogen) atoms. The van der Waals surface area contributed by atoms with E-state index in [4.69, 9.17) is 4.74 Å². The maximum Gasteiger partial charge on any atom is 0.328 e. The van der Waals surface area contributed by atoms with Crippen molar-refractivity contribution in [2.24, 2.45) is 11.3 Å². The first-order chi connectivity index (χ1) is 8.72. The SMILES string of the molecule is CC(C)CC(C)(C)C(=O)CC(=O)NC1CCOC1=O. The van der Waals surface area contributed by atoms with Crippen LogP contribution < -0.4 is 5.32 Å². The predicted molar refractivity (Wildman–Crippen MR) is 70.4 cm³/mol. The fraction of sp³-hybridized carbons (Fsp3) is 0.786. The van der Waals surface area contributed by atoms with Crippen LogP contribution >= 0.6 is 0 Å². The van der Waals surface area contributed by atoms with Crippen molar-refractivity contribution in [2.75, 3.05) is 6.61 Å². The number of ether oxygens (including phenoxy) is 1. The summed E-state index contributed by atoms with van der Waals surface area (Å²) in [5.74, 6) is -0.509. The Morgan fingerprint density at radius 1 is 1.42 bits per heavy atom. The van der Waals surface area contributed by atoms with Gasteiger partial charge in [-0.05, 0) is 12.3 Å². The van der Waals surface area contributed by atoms with Crippen molar-refractivity contribution in [3.8, 4) is 0 Å². The smallest absolute Gasteiger partial charge is 0.328 e. The first-order valence-corrected chi connectivity index (χ1v) is 6.71. The van der Waals surface area contributed by atoms with Crippen LogP contribution in [0.25, 0.3) is 0 Å². The number of nitrogens with one attached hydrogen (secondary N) is 1. The van der Waals surface area contributed by atoms with Gasteiger partial charge in [-0.1, -0.05) is 27.7 Å². The van der Waals surface area contributed by atoms with E-state index in [-0.39, 0.29) is 12.2 Å². The molecule has 1 amide bonds. The molecule has 0 spiro atoms. The number of carbonyl (C=O) groups excluding carboxylic acids is 3. The van der Waals surface area contributed by atoms with E-state index < -0.39 is 23.3 Å². The minimum Gasteiger partial charge on any atom is -0.464 e. The van der Waals surface area contributed by atoms with Gasteiger partial charge in [0.25, 0.3) is 0 Å². The minimum absolute atomic E-state index is 0.0925. The lowest BCUT2D eigenvalue weighted by Crippen LogP contribution is -2.40. The summed E-state index contributed by atoms with van der Waals surface area (Å²) in [4.78, 5) is 35.1. The van der Waals surface area contributed by atoms with Crippen molar-refractivity contribution in [3.05, 3.63) is 0 Å². The lowest BCUT2D eigenvalue weighted by Gasteiger charge is -2.25. The molecule has 0 saturated carbocycles. The van der Waals surface area contributed by atoms with E-state index in [0.29, 0.717) is 18.9 Å². The Labute approximate surface area is 114 Å². The molecule has 0 aromatic heterocycles. The van der Waals surface area contributed by atoms with E-state index in [1.165, 1.54) is 0 Å². The van der Waals surface area contributed by atoms with Crippen molar-refractivity contribution in [1.82, 2.24) is 5.32 Å². The van der Waals surface area contributed by atoms with Crippen LogP contribution in [0.15, 0.2) is 0 Å². The molecule has 0 aliphatic carbocycles. The number of Topliss-reactive ketones (excluding diaryl/α,β-unsaturated/α-hetero) is 1. The number of cyclic esters (lactones) is 1.